The van der Waals surface area contributed by atoms with Gasteiger partial charge in [0.2, 0.25) is 0 Å². The summed E-state index contributed by atoms with van der Waals surface area (Å²) in [6, 6.07) is 6.46. The molecule has 0 aliphatic rings. The third-order valence-corrected chi connectivity index (χ3v) is 2.53. The third kappa shape index (κ3) is 4.24. The molecule has 3 nitrogen and oxygen atoms in total. The molecule has 0 amide bonds. The van der Waals surface area contributed by atoms with Gasteiger partial charge in [0.15, 0.2) is 0 Å². The molecule has 0 saturated carbocycles. The third-order valence-electron chi connectivity index (χ3n) is 2.40. The molecule has 0 aliphatic carbocycles. The van der Waals surface area contributed by atoms with Crippen LogP contribution in [0.4, 0.5) is 0 Å². The van der Waals surface area contributed by atoms with E-state index in [4.69, 9.17) is 18.0 Å². The Bertz CT molecular complexity index is 363. The predicted molar refractivity (Wildman–Crippen MR) is 71.3 cm³/mol. The van der Waals surface area contributed by atoms with E-state index in [0.717, 1.165) is 17.9 Å². The van der Waals surface area contributed by atoms with Crippen molar-refractivity contribution in [1.29, 1.82) is 0 Å². The van der Waals surface area contributed by atoms with Gasteiger partial charge in [-0.1, -0.05) is 18.3 Å². The fourth-order valence-corrected chi connectivity index (χ4v) is 1.68. The first-order chi connectivity index (χ1) is 7.49. The molecule has 2 N–H and O–H groups in total. The van der Waals surface area contributed by atoms with Gasteiger partial charge >= 0.3 is 0 Å². The maximum absolute atomic E-state index is 5.58. The number of thiocarbonyl (C=S) groups is 1. The van der Waals surface area contributed by atoms with Crippen molar-refractivity contribution in [3.05, 3.63) is 29.6 Å². The fraction of sp³-hybridized carbons (Fsp3) is 0.500. The molecule has 1 aromatic rings. The Morgan fingerprint density at radius 3 is 2.69 bits per heavy atom. The number of pyridine rings is 1. The number of hydrogen-bond donors (Lipinski definition) is 1. The minimum atomic E-state index is 0.406. The van der Waals surface area contributed by atoms with E-state index >= 15 is 0 Å². The van der Waals surface area contributed by atoms with Crippen molar-refractivity contribution < 1.29 is 0 Å². The van der Waals surface area contributed by atoms with Crippen LogP contribution in [0.2, 0.25) is 0 Å². The van der Waals surface area contributed by atoms with Gasteiger partial charge in [0.25, 0.3) is 0 Å². The lowest BCUT2D eigenvalue weighted by Gasteiger charge is -2.25. The standard InChI is InChI=1S/C12H19N3S/c1-9(2)15(8-12(13)16)7-11-6-4-5-10(3)14-11/h4-6,9H,7-8H2,1-3H3,(H2,13,16). The summed E-state index contributed by atoms with van der Waals surface area (Å²) in [6.07, 6.45) is 0. The Hall–Kier alpha value is -1.00. The molecule has 1 heterocycles. The van der Waals surface area contributed by atoms with Gasteiger partial charge in [0, 0.05) is 24.8 Å². The first kappa shape index (κ1) is 13.1. The van der Waals surface area contributed by atoms with Gasteiger partial charge in [-0.15, -0.1) is 0 Å². The second kappa shape index (κ2) is 5.92. The van der Waals surface area contributed by atoms with Gasteiger partial charge in [-0.3, -0.25) is 9.88 Å². The van der Waals surface area contributed by atoms with Crippen LogP contribution in [0.25, 0.3) is 0 Å². The van der Waals surface area contributed by atoms with Gasteiger partial charge in [0.1, 0.15) is 0 Å². The summed E-state index contributed by atoms with van der Waals surface area (Å²) in [7, 11) is 0. The summed E-state index contributed by atoms with van der Waals surface area (Å²) in [4.78, 5) is 7.22. The molecular formula is C12H19N3S. The molecule has 1 aromatic heterocycles. The smallest absolute Gasteiger partial charge is 0.0870 e. The van der Waals surface area contributed by atoms with Gasteiger partial charge in [-0.25, -0.2) is 0 Å². The number of nitrogens with zero attached hydrogens (tertiary/aromatic N) is 2. The molecule has 0 unspecified atom stereocenters. The van der Waals surface area contributed by atoms with Gasteiger partial charge in [-0.05, 0) is 32.9 Å². The maximum Gasteiger partial charge on any atom is 0.0870 e. The zero-order chi connectivity index (χ0) is 12.1. The first-order valence-electron chi connectivity index (χ1n) is 5.44. The van der Waals surface area contributed by atoms with Crippen molar-refractivity contribution in [3.63, 3.8) is 0 Å². The lowest BCUT2D eigenvalue weighted by Crippen LogP contribution is -2.37. The summed E-state index contributed by atoms with van der Waals surface area (Å²) >= 11 is 4.95. The highest BCUT2D eigenvalue weighted by molar-refractivity contribution is 7.80. The highest BCUT2D eigenvalue weighted by Crippen LogP contribution is 2.06. The zero-order valence-electron chi connectivity index (χ0n) is 10.1. The van der Waals surface area contributed by atoms with Gasteiger partial charge in [0.05, 0.1) is 10.7 Å². The summed E-state index contributed by atoms with van der Waals surface area (Å²) in [5.74, 6) is 0. The average molecular weight is 237 g/mol. The number of aromatic nitrogens is 1. The Morgan fingerprint density at radius 2 is 2.19 bits per heavy atom. The number of aryl methyl sites for hydroxylation is 1. The Kier molecular flexibility index (Phi) is 4.83. The average Bonchev–Trinajstić information content (AvgIpc) is 2.15. The number of rotatable bonds is 5. The SMILES string of the molecule is Cc1cccc(CN(CC(N)=S)C(C)C)n1. The molecule has 4 heteroatoms. The first-order valence-corrected chi connectivity index (χ1v) is 5.84. The van der Waals surface area contributed by atoms with Crippen molar-refractivity contribution >= 4 is 17.2 Å². The maximum atomic E-state index is 5.58. The van der Waals surface area contributed by atoms with E-state index in [1.54, 1.807) is 0 Å². The van der Waals surface area contributed by atoms with E-state index < -0.39 is 0 Å². The van der Waals surface area contributed by atoms with Crippen LogP contribution in [0.15, 0.2) is 18.2 Å². The van der Waals surface area contributed by atoms with Crippen LogP contribution >= 0.6 is 12.2 Å². The van der Waals surface area contributed by atoms with Crippen molar-refractivity contribution in [3.8, 4) is 0 Å². The minimum Gasteiger partial charge on any atom is -0.392 e. The van der Waals surface area contributed by atoms with Crippen LogP contribution in [-0.2, 0) is 6.54 Å². The molecule has 0 fully saturated rings. The van der Waals surface area contributed by atoms with Crippen LogP contribution < -0.4 is 5.73 Å². The van der Waals surface area contributed by atoms with Crippen LogP contribution in [0.1, 0.15) is 25.2 Å². The van der Waals surface area contributed by atoms with Crippen molar-refractivity contribution in [2.75, 3.05) is 6.54 Å². The number of nitrogens with two attached hydrogens (primary N) is 1. The Morgan fingerprint density at radius 1 is 1.50 bits per heavy atom. The molecule has 0 radical (unpaired) electrons. The van der Waals surface area contributed by atoms with E-state index in [9.17, 15) is 0 Å². The van der Waals surface area contributed by atoms with Crippen LogP contribution in [-0.4, -0.2) is 27.5 Å². The molecule has 1 rings (SSSR count). The van der Waals surface area contributed by atoms with Crippen molar-refractivity contribution in [1.82, 2.24) is 9.88 Å². The quantitative estimate of drug-likeness (QED) is 0.794. The molecule has 0 bridgehead atoms. The van der Waals surface area contributed by atoms with Crippen molar-refractivity contribution in [2.24, 2.45) is 5.73 Å². The highest BCUT2D eigenvalue weighted by Gasteiger charge is 2.11. The fourth-order valence-electron chi connectivity index (χ4n) is 1.52. The molecule has 0 aromatic carbocycles. The zero-order valence-corrected chi connectivity index (χ0v) is 10.9. The van der Waals surface area contributed by atoms with Gasteiger partial charge in [-0.2, -0.15) is 0 Å². The monoisotopic (exact) mass is 237 g/mol. The molecule has 0 atom stereocenters. The van der Waals surface area contributed by atoms with E-state index in [0.29, 0.717) is 17.6 Å². The molecule has 0 saturated heterocycles. The Balaban J connectivity index is 2.71. The lowest BCUT2D eigenvalue weighted by atomic mass is 10.2. The topological polar surface area (TPSA) is 42.1 Å². The predicted octanol–water partition coefficient (Wildman–Crippen LogP) is 1.89. The minimum absolute atomic E-state index is 0.406. The second-order valence-electron chi connectivity index (χ2n) is 4.24. The largest absolute Gasteiger partial charge is 0.392 e. The summed E-state index contributed by atoms with van der Waals surface area (Å²) in [6.45, 7) is 7.69. The van der Waals surface area contributed by atoms with Crippen LogP contribution in [0.3, 0.4) is 0 Å². The van der Waals surface area contributed by atoms with Crippen LogP contribution in [0, 0.1) is 6.92 Å². The lowest BCUT2D eigenvalue weighted by molar-refractivity contribution is 0.242. The van der Waals surface area contributed by atoms with Crippen molar-refractivity contribution in [2.45, 2.75) is 33.4 Å². The highest BCUT2D eigenvalue weighted by atomic mass is 32.1. The van der Waals surface area contributed by atoms with Gasteiger partial charge < -0.3 is 5.73 Å². The molecule has 16 heavy (non-hydrogen) atoms. The molecule has 0 aliphatic heterocycles. The summed E-state index contributed by atoms with van der Waals surface area (Å²) < 4.78 is 0. The van der Waals surface area contributed by atoms with E-state index in [1.165, 1.54) is 0 Å². The van der Waals surface area contributed by atoms with E-state index in [-0.39, 0.29) is 0 Å². The summed E-state index contributed by atoms with van der Waals surface area (Å²) in [5.41, 5.74) is 7.68. The van der Waals surface area contributed by atoms with E-state index in [1.807, 2.05) is 25.1 Å². The number of hydrogen-bond acceptors (Lipinski definition) is 3. The molecule has 88 valence electrons. The van der Waals surface area contributed by atoms with Crippen LogP contribution in [0.5, 0.6) is 0 Å². The summed E-state index contributed by atoms with van der Waals surface area (Å²) in [5, 5.41) is 0. The molecular weight excluding hydrogens is 218 g/mol. The normalized spacial score (nSPS) is 11.1. The van der Waals surface area contributed by atoms with E-state index in [2.05, 4.69) is 23.7 Å². The second-order valence-corrected chi connectivity index (χ2v) is 4.76. The molecule has 0 spiro atoms. The Labute approximate surface area is 103 Å².